The maximum atomic E-state index is 11.7. The molecule has 0 aliphatic carbocycles. The third-order valence-corrected chi connectivity index (χ3v) is 4.60. The molecule has 1 saturated heterocycles. The van der Waals surface area contributed by atoms with Crippen LogP contribution in [0.2, 0.25) is 0 Å². The van der Waals surface area contributed by atoms with E-state index in [-0.39, 0.29) is 5.91 Å². The van der Waals surface area contributed by atoms with Gasteiger partial charge in [0.1, 0.15) is 5.75 Å². The molecule has 0 saturated carbocycles. The minimum absolute atomic E-state index is 0.0912. The molecule has 1 aliphatic heterocycles. The van der Waals surface area contributed by atoms with Gasteiger partial charge in [0, 0.05) is 51.7 Å². The van der Waals surface area contributed by atoms with Gasteiger partial charge >= 0.3 is 0 Å². The molecular weight excluding hydrogens is 356 g/mol. The summed E-state index contributed by atoms with van der Waals surface area (Å²) in [6, 6.07) is 6.21. The maximum Gasteiger partial charge on any atom is 0.223 e. The Morgan fingerprint density at radius 2 is 2.18 bits per heavy atom. The Labute approximate surface area is 168 Å². The van der Waals surface area contributed by atoms with Gasteiger partial charge in [-0.3, -0.25) is 4.79 Å². The van der Waals surface area contributed by atoms with Crippen LogP contribution in [-0.4, -0.2) is 63.8 Å². The van der Waals surface area contributed by atoms with Gasteiger partial charge in [0.15, 0.2) is 5.96 Å². The Kier molecular flexibility index (Phi) is 9.07. The van der Waals surface area contributed by atoms with Gasteiger partial charge in [0.05, 0.1) is 19.8 Å². The van der Waals surface area contributed by atoms with E-state index in [9.17, 15) is 4.79 Å². The number of rotatable bonds is 9. The van der Waals surface area contributed by atoms with Crippen LogP contribution in [0.5, 0.6) is 5.75 Å². The van der Waals surface area contributed by atoms with Crippen LogP contribution in [0.25, 0.3) is 0 Å². The molecule has 156 valence electrons. The molecule has 1 heterocycles. The number of guanidine groups is 1. The first-order valence-electron chi connectivity index (χ1n) is 10.0. The molecule has 1 aromatic carbocycles. The third kappa shape index (κ3) is 7.38. The molecule has 1 amide bonds. The summed E-state index contributed by atoms with van der Waals surface area (Å²) in [5.41, 5.74) is 2.21. The van der Waals surface area contributed by atoms with Crippen LogP contribution in [0.4, 0.5) is 0 Å². The molecular formula is C21H34N4O3. The molecule has 0 aromatic heterocycles. The summed E-state index contributed by atoms with van der Waals surface area (Å²) in [5.74, 6) is 2.14. The van der Waals surface area contributed by atoms with Gasteiger partial charge in [0.2, 0.25) is 5.91 Å². The fraction of sp³-hybridized carbons (Fsp3) is 0.619. The Hall–Kier alpha value is -2.28. The molecule has 1 aliphatic rings. The quantitative estimate of drug-likeness (QED) is 0.498. The summed E-state index contributed by atoms with van der Waals surface area (Å²) in [5, 5.41) is 6.44. The van der Waals surface area contributed by atoms with E-state index in [0.717, 1.165) is 43.1 Å². The Morgan fingerprint density at radius 3 is 2.86 bits per heavy atom. The fourth-order valence-electron chi connectivity index (χ4n) is 2.87. The second kappa shape index (κ2) is 11.5. The van der Waals surface area contributed by atoms with Crippen molar-refractivity contribution in [2.75, 3.05) is 47.0 Å². The zero-order valence-corrected chi connectivity index (χ0v) is 17.6. The maximum absolute atomic E-state index is 11.7. The first kappa shape index (κ1) is 22.0. The van der Waals surface area contributed by atoms with Gasteiger partial charge in [-0.15, -0.1) is 0 Å². The van der Waals surface area contributed by atoms with E-state index in [4.69, 9.17) is 9.47 Å². The molecule has 2 N–H and O–H groups in total. The Bertz CT molecular complexity index is 655. The third-order valence-electron chi connectivity index (χ3n) is 4.60. The minimum atomic E-state index is 0.0912. The van der Waals surface area contributed by atoms with Gasteiger partial charge in [-0.2, -0.15) is 0 Å². The average Bonchev–Trinajstić information content (AvgIpc) is 3.18. The molecule has 28 heavy (non-hydrogen) atoms. The number of aliphatic imine (C=N–C) groups is 1. The number of aryl methyl sites for hydroxylation is 1. The highest BCUT2D eigenvalue weighted by atomic mass is 16.5. The normalized spacial score (nSPS) is 16.7. The SMILES string of the molecule is CCNC(=NCc1ccc(C)cc1OCC1CCOC1)NCCC(=O)N(C)C. The summed E-state index contributed by atoms with van der Waals surface area (Å²) in [6.07, 6.45) is 1.49. The number of hydrogen-bond acceptors (Lipinski definition) is 4. The van der Waals surface area contributed by atoms with Gasteiger partial charge in [-0.25, -0.2) is 4.99 Å². The lowest BCUT2D eigenvalue weighted by molar-refractivity contribution is -0.128. The first-order chi connectivity index (χ1) is 13.5. The summed E-state index contributed by atoms with van der Waals surface area (Å²) >= 11 is 0. The fourth-order valence-corrected chi connectivity index (χ4v) is 2.87. The van der Waals surface area contributed by atoms with Crippen molar-refractivity contribution >= 4 is 11.9 Å². The van der Waals surface area contributed by atoms with E-state index in [1.807, 2.05) is 6.92 Å². The van der Waals surface area contributed by atoms with Crippen molar-refractivity contribution in [1.29, 1.82) is 0 Å². The summed E-state index contributed by atoms with van der Waals surface area (Å²) in [6.45, 7) is 8.16. The molecule has 1 fully saturated rings. The van der Waals surface area contributed by atoms with Crippen molar-refractivity contribution in [2.24, 2.45) is 10.9 Å². The summed E-state index contributed by atoms with van der Waals surface area (Å²) < 4.78 is 11.5. The van der Waals surface area contributed by atoms with E-state index in [0.29, 0.717) is 38.0 Å². The van der Waals surface area contributed by atoms with Gasteiger partial charge in [0.25, 0.3) is 0 Å². The van der Waals surface area contributed by atoms with Crippen molar-refractivity contribution in [2.45, 2.75) is 33.2 Å². The highest BCUT2D eigenvalue weighted by molar-refractivity contribution is 5.81. The highest BCUT2D eigenvalue weighted by Gasteiger charge is 2.17. The zero-order valence-electron chi connectivity index (χ0n) is 17.6. The van der Waals surface area contributed by atoms with Crippen LogP contribution < -0.4 is 15.4 Å². The van der Waals surface area contributed by atoms with Gasteiger partial charge < -0.3 is 25.0 Å². The molecule has 7 nitrogen and oxygen atoms in total. The summed E-state index contributed by atoms with van der Waals surface area (Å²) in [4.78, 5) is 18.0. The van der Waals surface area contributed by atoms with Crippen molar-refractivity contribution in [1.82, 2.24) is 15.5 Å². The van der Waals surface area contributed by atoms with Crippen LogP contribution in [0.3, 0.4) is 0 Å². The number of hydrogen-bond donors (Lipinski definition) is 2. The van der Waals surface area contributed by atoms with Crippen LogP contribution in [0, 0.1) is 12.8 Å². The Morgan fingerprint density at radius 1 is 1.36 bits per heavy atom. The van der Waals surface area contributed by atoms with Crippen molar-refractivity contribution in [3.63, 3.8) is 0 Å². The van der Waals surface area contributed by atoms with Crippen LogP contribution in [0.15, 0.2) is 23.2 Å². The number of ether oxygens (including phenoxy) is 2. The molecule has 1 unspecified atom stereocenters. The second-order valence-electron chi connectivity index (χ2n) is 7.31. The predicted octanol–water partition coefficient (Wildman–Crippen LogP) is 1.94. The lowest BCUT2D eigenvalue weighted by Crippen LogP contribution is -2.39. The van der Waals surface area contributed by atoms with E-state index in [2.05, 4.69) is 40.7 Å². The van der Waals surface area contributed by atoms with E-state index < -0.39 is 0 Å². The van der Waals surface area contributed by atoms with Crippen molar-refractivity contribution in [3.8, 4) is 5.75 Å². The highest BCUT2D eigenvalue weighted by Crippen LogP contribution is 2.23. The summed E-state index contributed by atoms with van der Waals surface area (Å²) in [7, 11) is 3.52. The molecule has 2 rings (SSSR count). The molecule has 0 bridgehead atoms. The lowest BCUT2D eigenvalue weighted by Gasteiger charge is -2.15. The second-order valence-corrected chi connectivity index (χ2v) is 7.31. The van der Waals surface area contributed by atoms with Crippen molar-refractivity contribution in [3.05, 3.63) is 29.3 Å². The van der Waals surface area contributed by atoms with Gasteiger partial charge in [-0.1, -0.05) is 12.1 Å². The molecule has 0 radical (unpaired) electrons. The molecule has 1 aromatic rings. The van der Waals surface area contributed by atoms with Gasteiger partial charge in [-0.05, 0) is 31.9 Å². The minimum Gasteiger partial charge on any atom is -0.493 e. The largest absolute Gasteiger partial charge is 0.493 e. The average molecular weight is 391 g/mol. The zero-order chi connectivity index (χ0) is 20.4. The van der Waals surface area contributed by atoms with E-state index in [1.54, 1.807) is 19.0 Å². The molecule has 1 atom stereocenters. The number of carbonyl (C=O) groups is 1. The van der Waals surface area contributed by atoms with Crippen LogP contribution in [0.1, 0.15) is 30.9 Å². The van der Waals surface area contributed by atoms with Crippen LogP contribution in [-0.2, 0) is 16.1 Å². The topological polar surface area (TPSA) is 75.2 Å². The van der Waals surface area contributed by atoms with E-state index >= 15 is 0 Å². The molecule has 0 spiro atoms. The first-order valence-corrected chi connectivity index (χ1v) is 10.0. The smallest absolute Gasteiger partial charge is 0.223 e. The number of benzene rings is 1. The number of amides is 1. The molecule has 7 heteroatoms. The monoisotopic (exact) mass is 390 g/mol. The number of nitrogens with one attached hydrogen (secondary N) is 2. The number of carbonyl (C=O) groups excluding carboxylic acids is 1. The van der Waals surface area contributed by atoms with Crippen molar-refractivity contribution < 1.29 is 14.3 Å². The van der Waals surface area contributed by atoms with Crippen LogP contribution >= 0.6 is 0 Å². The standard InChI is InChI=1S/C21H34N4O3/c1-5-22-21(23-10-8-20(26)25(3)4)24-13-18-7-6-16(2)12-19(18)28-15-17-9-11-27-14-17/h6-7,12,17H,5,8-11,13-15H2,1-4H3,(H2,22,23,24). The predicted molar refractivity (Wildman–Crippen MR) is 112 cm³/mol. The number of nitrogens with zero attached hydrogens (tertiary/aromatic N) is 2. The van der Waals surface area contributed by atoms with E-state index in [1.165, 1.54) is 0 Å². The lowest BCUT2D eigenvalue weighted by atomic mass is 10.1. The Balaban J connectivity index is 1.96.